The Labute approximate surface area is 78.6 Å². The van der Waals surface area contributed by atoms with Crippen LogP contribution < -0.4 is 0 Å². The Morgan fingerprint density at radius 3 is 2.93 bits per heavy atom. The second-order valence-electron chi connectivity index (χ2n) is 3.07. The number of aromatic nitrogens is 3. The molecule has 0 saturated heterocycles. The molecule has 0 aliphatic carbocycles. The predicted octanol–water partition coefficient (Wildman–Crippen LogP) is 2.25. The normalized spacial score (nSPS) is 11.2. The molecule has 0 atom stereocenters. The van der Waals surface area contributed by atoms with E-state index in [0.29, 0.717) is 5.65 Å². The highest BCUT2D eigenvalue weighted by Crippen LogP contribution is 2.22. The Kier molecular flexibility index (Phi) is 1.33. The van der Waals surface area contributed by atoms with Crippen LogP contribution in [0.15, 0.2) is 30.6 Å². The second-order valence-corrected chi connectivity index (χ2v) is 3.07. The highest BCUT2D eigenvalue weighted by molar-refractivity contribution is 6.04. The molecule has 0 bridgehead atoms. The maximum Gasteiger partial charge on any atom is 0.142 e. The van der Waals surface area contributed by atoms with Gasteiger partial charge in [0.15, 0.2) is 0 Å². The number of hydrogen-bond donors (Lipinski definition) is 1. The second kappa shape index (κ2) is 2.51. The molecule has 0 aliphatic rings. The molecule has 3 nitrogen and oxygen atoms in total. The largest absolute Gasteiger partial charge is 0.324 e. The van der Waals surface area contributed by atoms with Gasteiger partial charge in [0, 0.05) is 17.0 Å². The number of aromatic amines is 1. The van der Waals surface area contributed by atoms with E-state index in [4.69, 9.17) is 0 Å². The smallest absolute Gasteiger partial charge is 0.142 e. The lowest BCUT2D eigenvalue weighted by atomic mass is 10.2. The summed E-state index contributed by atoms with van der Waals surface area (Å²) >= 11 is 0. The van der Waals surface area contributed by atoms with E-state index in [2.05, 4.69) is 15.0 Å². The third-order valence-electron chi connectivity index (χ3n) is 2.19. The summed E-state index contributed by atoms with van der Waals surface area (Å²) in [4.78, 5) is 11.1. The van der Waals surface area contributed by atoms with Crippen molar-refractivity contribution in [1.82, 2.24) is 15.0 Å². The molecule has 1 N–H and O–H groups in total. The first-order valence-electron chi connectivity index (χ1n) is 4.22. The van der Waals surface area contributed by atoms with Crippen molar-refractivity contribution in [1.29, 1.82) is 0 Å². The highest BCUT2D eigenvalue weighted by atomic mass is 19.1. The van der Waals surface area contributed by atoms with Crippen molar-refractivity contribution in [3.63, 3.8) is 0 Å². The Hall–Kier alpha value is -1.97. The van der Waals surface area contributed by atoms with Gasteiger partial charge in [-0.1, -0.05) is 0 Å². The lowest BCUT2D eigenvalue weighted by molar-refractivity contribution is 0.624. The summed E-state index contributed by atoms with van der Waals surface area (Å²) in [6.45, 7) is 0. The van der Waals surface area contributed by atoms with Gasteiger partial charge < -0.3 is 4.98 Å². The zero-order valence-corrected chi connectivity index (χ0v) is 7.16. The van der Waals surface area contributed by atoms with Gasteiger partial charge >= 0.3 is 0 Å². The molecule has 0 amide bonds. The minimum absolute atomic E-state index is 0.331. The summed E-state index contributed by atoms with van der Waals surface area (Å²) in [5, 5.41) is 1.67. The van der Waals surface area contributed by atoms with Crippen LogP contribution in [-0.2, 0) is 0 Å². The number of H-pyrrole nitrogens is 1. The molecule has 14 heavy (non-hydrogen) atoms. The van der Waals surface area contributed by atoms with Gasteiger partial charge in [-0.2, -0.15) is 0 Å². The third-order valence-corrected chi connectivity index (χ3v) is 2.19. The minimum atomic E-state index is -0.331. The minimum Gasteiger partial charge on any atom is -0.324 e. The van der Waals surface area contributed by atoms with Gasteiger partial charge in [0.1, 0.15) is 17.1 Å². The number of nitrogens with one attached hydrogen (secondary N) is 1. The molecule has 4 heteroatoms. The highest BCUT2D eigenvalue weighted by Gasteiger charge is 2.05. The number of halogens is 1. The van der Waals surface area contributed by atoms with Gasteiger partial charge in [0.2, 0.25) is 0 Å². The van der Waals surface area contributed by atoms with Crippen LogP contribution in [0.5, 0.6) is 0 Å². The maximum atomic E-state index is 12.9. The Morgan fingerprint density at radius 1 is 1.14 bits per heavy atom. The molecular formula is C10H6FN3. The first kappa shape index (κ1) is 7.44. The van der Waals surface area contributed by atoms with Crippen molar-refractivity contribution < 1.29 is 4.39 Å². The lowest BCUT2D eigenvalue weighted by Crippen LogP contribution is -1.78. The molecule has 0 unspecified atom stereocenters. The van der Waals surface area contributed by atoms with Gasteiger partial charge in [-0.15, -0.1) is 0 Å². The summed E-state index contributed by atoms with van der Waals surface area (Å²) in [6.07, 6.45) is 2.88. The van der Waals surface area contributed by atoms with Crippen LogP contribution in [0.25, 0.3) is 22.1 Å². The fraction of sp³-hybridized carbons (Fsp3) is 0. The fourth-order valence-corrected chi connectivity index (χ4v) is 1.58. The SMILES string of the molecule is Fc1cnc2[nH]c3ncccc3c2c1. The topological polar surface area (TPSA) is 41.6 Å². The Bertz CT molecular complexity index is 615. The first-order valence-corrected chi connectivity index (χ1v) is 4.22. The van der Waals surface area contributed by atoms with Crippen molar-refractivity contribution >= 4 is 22.1 Å². The monoisotopic (exact) mass is 187 g/mol. The van der Waals surface area contributed by atoms with Crippen molar-refractivity contribution in [2.45, 2.75) is 0 Å². The summed E-state index contributed by atoms with van der Waals surface area (Å²) in [6, 6.07) is 5.17. The quantitative estimate of drug-likeness (QED) is 0.586. The van der Waals surface area contributed by atoms with E-state index in [9.17, 15) is 4.39 Å². The van der Waals surface area contributed by atoms with E-state index >= 15 is 0 Å². The molecule has 0 aromatic carbocycles. The lowest BCUT2D eigenvalue weighted by Gasteiger charge is -1.89. The zero-order valence-electron chi connectivity index (χ0n) is 7.16. The molecular weight excluding hydrogens is 181 g/mol. The third kappa shape index (κ3) is 0.907. The number of hydrogen-bond acceptors (Lipinski definition) is 2. The van der Waals surface area contributed by atoms with Gasteiger partial charge in [-0.3, -0.25) is 0 Å². The van der Waals surface area contributed by atoms with Crippen LogP contribution in [0.2, 0.25) is 0 Å². The van der Waals surface area contributed by atoms with Crippen LogP contribution in [0.4, 0.5) is 4.39 Å². The first-order chi connectivity index (χ1) is 6.84. The van der Waals surface area contributed by atoms with E-state index in [1.807, 2.05) is 12.1 Å². The van der Waals surface area contributed by atoms with Crippen molar-refractivity contribution in [3.8, 4) is 0 Å². The predicted molar refractivity (Wildman–Crippen MR) is 51.4 cm³/mol. The van der Waals surface area contributed by atoms with E-state index in [1.54, 1.807) is 6.20 Å². The summed E-state index contributed by atoms with van der Waals surface area (Å²) in [7, 11) is 0. The van der Waals surface area contributed by atoms with E-state index in [0.717, 1.165) is 16.4 Å². The van der Waals surface area contributed by atoms with Crippen LogP contribution in [0.3, 0.4) is 0 Å². The van der Waals surface area contributed by atoms with Crippen LogP contribution in [-0.4, -0.2) is 15.0 Å². The van der Waals surface area contributed by atoms with Crippen LogP contribution in [0, 0.1) is 5.82 Å². The van der Waals surface area contributed by atoms with E-state index in [1.165, 1.54) is 12.3 Å². The van der Waals surface area contributed by atoms with Crippen molar-refractivity contribution in [2.75, 3.05) is 0 Å². The van der Waals surface area contributed by atoms with Crippen molar-refractivity contribution in [2.24, 2.45) is 0 Å². The van der Waals surface area contributed by atoms with Crippen LogP contribution in [0.1, 0.15) is 0 Å². The van der Waals surface area contributed by atoms with Gasteiger partial charge in [-0.25, -0.2) is 14.4 Å². The zero-order chi connectivity index (χ0) is 9.54. The van der Waals surface area contributed by atoms with Gasteiger partial charge in [-0.05, 0) is 18.2 Å². The van der Waals surface area contributed by atoms with E-state index < -0.39 is 0 Å². The molecule has 3 rings (SSSR count). The molecule has 3 aromatic heterocycles. The van der Waals surface area contributed by atoms with Gasteiger partial charge in [0.05, 0.1) is 6.20 Å². The Balaban J connectivity index is 2.58. The summed E-state index contributed by atoms with van der Waals surface area (Å²) in [5.74, 6) is -0.331. The number of nitrogens with zero attached hydrogens (tertiary/aromatic N) is 2. The maximum absolute atomic E-state index is 12.9. The van der Waals surface area contributed by atoms with E-state index in [-0.39, 0.29) is 5.82 Å². The molecule has 0 radical (unpaired) electrons. The number of rotatable bonds is 0. The standard InChI is InChI=1S/C10H6FN3/c11-6-4-8-7-2-1-3-12-9(7)14-10(8)13-5-6/h1-5H,(H,12,13,14). The molecule has 0 fully saturated rings. The molecule has 0 spiro atoms. The molecule has 3 aromatic rings. The summed E-state index contributed by atoms with van der Waals surface area (Å²) < 4.78 is 12.9. The van der Waals surface area contributed by atoms with Crippen molar-refractivity contribution in [3.05, 3.63) is 36.4 Å². The molecule has 3 heterocycles. The molecule has 0 aliphatic heterocycles. The summed E-state index contributed by atoms with van der Waals surface area (Å²) in [5.41, 5.74) is 1.40. The van der Waals surface area contributed by atoms with Crippen LogP contribution >= 0.6 is 0 Å². The average Bonchev–Trinajstić information content (AvgIpc) is 2.56. The molecule has 68 valence electrons. The average molecular weight is 187 g/mol. The van der Waals surface area contributed by atoms with Gasteiger partial charge in [0.25, 0.3) is 0 Å². The Morgan fingerprint density at radius 2 is 2.00 bits per heavy atom. The number of fused-ring (bicyclic) bond motifs is 3. The fourth-order valence-electron chi connectivity index (χ4n) is 1.58. The number of pyridine rings is 2. The molecule has 0 saturated carbocycles.